The maximum absolute atomic E-state index is 5.65. The average Bonchev–Trinajstić information content (AvgIpc) is 2.99. The first-order chi connectivity index (χ1) is 11.0. The Morgan fingerprint density at radius 1 is 1.26 bits per heavy atom. The third kappa shape index (κ3) is 11.3. The molecule has 0 aliphatic carbocycles. The fraction of sp³-hybridized carbons (Fsp3) is 0.941. The number of hydrogen-bond donors (Lipinski definition) is 3. The third-order valence-electron chi connectivity index (χ3n) is 3.46. The molecule has 0 aromatic carbocycles. The number of rotatable bonds is 10. The lowest BCUT2D eigenvalue weighted by atomic mass is 10.1. The van der Waals surface area contributed by atoms with Crippen LogP contribution in [0.1, 0.15) is 47.0 Å². The normalized spacial score (nSPS) is 19.1. The fourth-order valence-electron chi connectivity index (χ4n) is 2.31. The second kappa shape index (κ2) is 11.6. The number of aliphatic imine (C=N–C) groups is 1. The van der Waals surface area contributed by atoms with Gasteiger partial charge in [0.2, 0.25) is 0 Å². The zero-order valence-corrected chi connectivity index (χ0v) is 15.4. The molecule has 0 spiro atoms. The van der Waals surface area contributed by atoms with Crippen molar-refractivity contribution in [3.05, 3.63) is 0 Å². The minimum absolute atomic E-state index is 0.150. The Labute approximate surface area is 141 Å². The molecule has 6 nitrogen and oxygen atoms in total. The van der Waals surface area contributed by atoms with Crippen LogP contribution in [0.2, 0.25) is 0 Å². The fourth-order valence-corrected chi connectivity index (χ4v) is 2.31. The first-order valence-corrected chi connectivity index (χ1v) is 8.98. The van der Waals surface area contributed by atoms with E-state index in [1.165, 1.54) is 6.42 Å². The number of guanidine groups is 1. The first-order valence-electron chi connectivity index (χ1n) is 8.98. The summed E-state index contributed by atoms with van der Waals surface area (Å²) in [7, 11) is 0. The molecule has 0 aromatic rings. The molecule has 1 aliphatic heterocycles. The second-order valence-electron chi connectivity index (χ2n) is 6.93. The van der Waals surface area contributed by atoms with E-state index >= 15 is 0 Å². The molecule has 1 rings (SSSR count). The van der Waals surface area contributed by atoms with Gasteiger partial charge in [-0.1, -0.05) is 0 Å². The molecule has 0 amide bonds. The van der Waals surface area contributed by atoms with Gasteiger partial charge in [-0.05, 0) is 47.0 Å². The summed E-state index contributed by atoms with van der Waals surface area (Å²) in [5.74, 6) is 0.877. The van der Waals surface area contributed by atoms with Crippen molar-refractivity contribution in [2.24, 2.45) is 4.99 Å². The van der Waals surface area contributed by atoms with Gasteiger partial charge in [-0.3, -0.25) is 4.99 Å². The van der Waals surface area contributed by atoms with Gasteiger partial charge >= 0.3 is 0 Å². The van der Waals surface area contributed by atoms with Crippen LogP contribution in [0, 0.1) is 0 Å². The van der Waals surface area contributed by atoms with Gasteiger partial charge in [0.15, 0.2) is 5.96 Å². The highest BCUT2D eigenvalue weighted by Gasteiger charge is 2.14. The number of hydrogen-bond acceptors (Lipinski definition) is 4. The van der Waals surface area contributed by atoms with Crippen molar-refractivity contribution in [2.45, 2.75) is 58.6 Å². The van der Waals surface area contributed by atoms with E-state index in [1.54, 1.807) is 0 Å². The highest BCUT2D eigenvalue weighted by Crippen LogP contribution is 2.11. The molecule has 3 N–H and O–H groups in total. The first kappa shape index (κ1) is 20.2. The van der Waals surface area contributed by atoms with Crippen molar-refractivity contribution in [1.82, 2.24) is 16.0 Å². The maximum atomic E-state index is 5.65. The summed E-state index contributed by atoms with van der Waals surface area (Å²) in [5.41, 5.74) is 0.150. The molecule has 1 unspecified atom stereocenters. The molecule has 0 saturated carbocycles. The molecule has 1 atom stereocenters. The molecular weight excluding hydrogens is 292 g/mol. The Hall–Kier alpha value is -0.850. The van der Waals surface area contributed by atoms with E-state index in [4.69, 9.17) is 9.47 Å². The van der Waals surface area contributed by atoms with Crippen molar-refractivity contribution in [3.8, 4) is 0 Å². The van der Waals surface area contributed by atoms with Crippen molar-refractivity contribution >= 4 is 5.96 Å². The second-order valence-corrected chi connectivity index (χ2v) is 6.93. The maximum Gasteiger partial charge on any atom is 0.191 e. The predicted molar refractivity (Wildman–Crippen MR) is 96.1 cm³/mol. The van der Waals surface area contributed by atoms with Gasteiger partial charge < -0.3 is 25.4 Å². The minimum Gasteiger partial charge on any atom is -0.379 e. The van der Waals surface area contributed by atoms with Crippen LogP contribution in [0.25, 0.3) is 0 Å². The summed E-state index contributed by atoms with van der Waals surface area (Å²) in [5, 5.41) is 10.1. The Kier molecular flexibility index (Phi) is 10.2. The van der Waals surface area contributed by atoms with E-state index < -0.39 is 0 Å². The summed E-state index contributed by atoms with van der Waals surface area (Å²) in [6.07, 6.45) is 3.55. The van der Waals surface area contributed by atoms with Crippen LogP contribution in [-0.2, 0) is 9.47 Å². The Morgan fingerprint density at radius 3 is 2.74 bits per heavy atom. The topological polar surface area (TPSA) is 66.9 Å². The molecule has 6 heteroatoms. The molecule has 1 aliphatic rings. The molecule has 0 aromatic heterocycles. The van der Waals surface area contributed by atoms with Crippen molar-refractivity contribution in [2.75, 3.05) is 46.0 Å². The lowest BCUT2D eigenvalue weighted by Crippen LogP contribution is -2.44. The van der Waals surface area contributed by atoms with Gasteiger partial charge in [-0.15, -0.1) is 0 Å². The SMILES string of the molecule is CCNC(=NCCCOCC1CCCO1)NCCNC(C)(C)C. The molecular formula is C17H36N4O2. The van der Waals surface area contributed by atoms with E-state index in [1.807, 2.05) is 0 Å². The smallest absolute Gasteiger partial charge is 0.191 e. The van der Waals surface area contributed by atoms with Crippen LogP contribution < -0.4 is 16.0 Å². The van der Waals surface area contributed by atoms with Crippen LogP contribution in [-0.4, -0.2) is 63.6 Å². The summed E-state index contributed by atoms with van der Waals surface area (Å²) < 4.78 is 11.2. The molecule has 0 bridgehead atoms. The van der Waals surface area contributed by atoms with Crippen molar-refractivity contribution in [1.29, 1.82) is 0 Å². The molecule has 0 radical (unpaired) electrons. The van der Waals surface area contributed by atoms with Gasteiger partial charge in [0.25, 0.3) is 0 Å². The van der Waals surface area contributed by atoms with Gasteiger partial charge in [-0.25, -0.2) is 0 Å². The van der Waals surface area contributed by atoms with Crippen LogP contribution in [0.5, 0.6) is 0 Å². The van der Waals surface area contributed by atoms with Gasteiger partial charge in [0.05, 0.1) is 12.7 Å². The van der Waals surface area contributed by atoms with Crippen molar-refractivity contribution in [3.63, 3.8) is 0 Å². The largest absolute Gasteiger partial charge is 0.379 e. The highest BCUT2D eigenvalue weighted by atomic mass is 16.5. The lowest BCUT2D eigenvalue weighted by molar-refractivity contribution is 0.0171. The van der Waals surface area contributed by atoms with E-state index in [0.29, 0.717) is 6.10 Å². The van der Waals surface area contributed by atoms with Crippen LogP contribution in [0.3, 0.4) is 0 Å². The molecule has 23 heavy (non-hydrogen) atoms. The quantitative estimate of drug-likeness (QED) is 0.322. The minimum atomic E-state index is 0.150. The average molecular weight is 329 g/mol. The zero-order chi connectivity index (χ0) is 17.0. The number of nitrogens with zero attached hydrogens (tertiary/aromatic N) is 1. The zero-order valence-electron chi connectivity index (χ0n) is 15.4. The summed E-state index contributed by atoms with van der Waals surface area (Å²) in [6, 6.07) is 0. The summed E-state index contributed by atoms with van der Waals surface area (Å²) >= 11 is 0. The third-order valence-corrected chi connectivity index (χ3v) is 3.46. The molecule has 1 saturated heterocycles. The lowest BCUT2D eigenvalue weighted by Gasteiger charge is -2.21. The van der Waals surface area contributed by atoms with E-state index in [-0.39, 0.29) is 5.54 Å². The number of nitrogens with one attached hydrogen (secondary N) is 3. The molecule has 1 fully saturated rings. The van der Waals surface area contributed by atoms with Gasteiger partial charge in [-0.2, -0.15) is 0 Å². The molecule has 136 valence electrons. The van der Waals surface area contributed by atoms with Crippen LogP contribution in [0.15, 0.2) is 4.99 Å². The highest BCUT2D eigenvalue weighted by molar-refractivity contribution is 5.79. The van der Waals surface area contributed by atoms with Gasteiger partial charge in [0, 0.05) is 44.9 Å². The molecule has 1 heterocycles. The predicted octanol–water partition coefficient (Wildman–Crippen LogP) is 1.52. The van der Waals surface area contributed by atoms with Crippen molar-refractivity contribution < 1.29 is 9.47 Å². The van der Waals surface area contributed by atoms with E-state index in [2.05, 4.69) is 48.6 Å². The Morgan fingerprint density at radius 2 is 2.09 bits per heavy atom. The van der Waals surface area contributed by atoms with E-state index in [9.17, 15) is 0 Å². The van der Waals surface area contributed by atoms with E-state index in [0.717, 1.165) is 64.8 Å². The summed E-state index contributed by atoms with van der Waals surface area (Å²) in [6.45, 7) is 14.4. The standard InChI is InChI=1S/C17H36N4O2/c1-5-18-16(20-10-11-21-17(2,3)4)19-9-7-12-22-14-15-8-6-13-23-15/h15,21H,5-14H2,1-4H3,(H2,18,19,20). The number of ether oxygens (including phenoxy) is 2. The van der Waals surface area contributed by atoms with Gasteiger partial charge in [0.1, 0.15) is 0 Å². The van der Waals surface area contributed by atoms with Crippen LogP contribution >= 0.6 is 0 Å². The summed E-state index contributed by atoms with van der Waals surface area (Å²) in [4.78, 5) is 4.57. The van der Waals surface area contributed by atoms with Crippen LogP contribution in [0.4, 0.5) is 0 Å². The Bertz CT molecular complexity index is 323. The Balaban J connectivity index is 2.08. The monoisotopic (exact) mass is 328 g/mol.